The lowest BCUT2D eigenvalue weighted by Gasteiger charge is -2.32. The van der Waals surface area contributed by atoms with Gasteiger partial charge in [0.05, 0.1) is 11.3 Å². The van der Waals surface area contributed by atoms with Crippen molar-refractivity contribution < 1.29 is 15.8 Å². The Morgan fingerprint density at radius 2 is 2.09 bits per heavy atom. The van der Waals surface area contributed by atoms with Crippen LogP contribution in [0, 0.1) is 6.92 Å². The molecule has 1 saturated heterocycles. The maximum atomic E-state index is 12.6. The van der Waals surface area contributed by atoms with Crippen molar-refractivity contribution in [2.24, 2.45) is 10.8 Å². The van der Waals surface area contributed by atoms with Crippen LogP contribution in [-0.4, -0.2) is 48.8 Å². The summed E-state index contributed by atoms with van der Waals surface area (Å²) in [5, 5.41) is 3.15. The largest absolute Gasteiger partial charge is 0.457 e. The number of likely N-dealkylation sites (tertiary alicyclic amines) is 1. The predicted octanol–water partition coefficient (Wildman–Crippen LogP) is 2.63. The van der Waals surface area contributed by atoms with E-state index in [2.05, 4.69) is 33.6 Å². The molecule has 2 heterocycles. The van der Waals surface area contributed by atoms with Crippen molar-refractivity contribution in [2.45, 2.75) is 38.8 Å². The SMILES string of the molecule is Cc1c(CCN2CCC(NC(=O)c3cccc(N=CNN)c3)CC2)ccc2c1COC2=O.N.[HH]. The first-order chi connectivity index (χ1) is 15.5. The fourth-order valence-corrected chi connectivity index (χ4v) is 4.36. The van der Waals surface area contributed by atoms with Gasteiger partial charge in [0, 0.05) is 38.2 Å². The standard InChI is InChI=1S/C24H29N5O3.H3N.H2/c1-16-17(5-6-21-22(16)14-32-24(21)31)7-10-29-11-8-19(9-12-29)28-23(30)18-3-2-4-20(13-18)26-15-27-25;;/h2-6,13,15,19H,7-12,14,25H2,1H3,(H,26,27)(H,28,30);1H3;1H. The number of hydrazine groups is 1. The van der Waals surface area contributed by atoms with E-state index in [9.17, 15) is 9.59 Å². The minimum Gasteiger partial charge on any atom is -0.457 e. The highest BCUT2D eigenvalue weighted by atomic mass is 16.5. The smallest absolute Gasteiger partial charge is 0.338 e. The van der Waals surface area contributed by atoms with Crippen LogP contribution in [0.5, 0.6) is 0 Å². The second-order valence-electron chi connectivity index (χ2n) is 8.27. The minimum atomic E-state index is -0.217. The van der Waals surface area contributed by atoms with E-state index in [1.54, 1.807) is 12.1 Å². The molecule has 0 radical (unpaired) electrons. The fraction of sp³-hybridized carbons (Fsp3) is 0.375. The molecule has 0 spiro atoms. The molecule has 0 aliphatic carbocycles. The van der Waals surface area contributed by atoms with Gasteiger partial charge in [-0.05, 0) is 61.6 Å². The zero-order chi connectivity index (χ0) is 22.5. The van der Waals surface area contributed by atoms with Crippen molar-refractivity contribution in [1.29, 1.82) is 0 Å². The van der Waals surface area contributed by atoms with Crippen molar-refractivity contribution in [3.8, 4) is 0 Å². The lowest BCUT2D eigenvalue weighted by molar-refractivity contribution is 0.0534. The highest BCUT2D eigenvalue weighted by molar-refractivity contribution is 5.95. The molecule has 0 aromatic heterocycles. The van der Waals surface area contributed by atoms with Crippen LogP contribution in [0.4, 0.5) is 5.69 Å². The molecule has 9 heteroatoms. The molecule has 2 aliphatic heterocycles. The Bertz CT molecular complexity index is 1040. The lowest BCUT2D eigenvalue weighted by atomic mass is 9.96. The quantitative estimate of drug-likeness (QED) is 0.165. The number of aliphatic imine (C=N–C) groups is 1. The summed E-state index contributed by atoms with van der Waals surface area (Å²) in [6.07, 6.45) is 4.16. The van der Waals surface area contributed by atoms with Crippen LogP contribution < -0.4 is 22.7 Å². The summed E-state index contributed by atoms with van der Waals surface area (Å²) < 4.78 is 5.15. The molecular weight excluding hydrogens is 420 g/mol. The van der Waals surface area contributed by atoms with Gasteiger partial charge in [0.1, 0.15) is 12.9 Å². The van der Waals surface area contributed by atoms with Crippen LogP contribution in [0.1, 0.15) is 51.7 Å². The number of cyclic esters (lactones) is 1. The first-order valence-electron chi connectivity index (χ1n) is 11.0. The van der Waals surface area contributed by atoms with E-state index in [4.69, 9.17) is 10.6 Å². The monoisotopic (exact) mass is 454 g/mol. The second kappa shape index (κ2) is 11.0. The summed E-state index contributed by atoms with van der Waals surface area (Å²) in [4.78, 5) is 30.9. The van der Waals surface area contributed by atoms with Crippen LogP contribution in [0.2, 0.25) is 0 Å². The third kappa shape index (κ3) is 5.75. The summed E-state index contributed by atoms with van der Waals surface area (Å²) in [5.74, 6) is 4.90. The Labute approximate surface area is 195 Å². The van der Waals surface area contributed by atoms with E-state index in [-0.39, 0.29) is 25.5 Å². The number of piperidine rings is 1. The number of fused-ring (bicyclic) bond motifs is 1. The normalized spacial score (nSPS) is 16.2. The number of ether oxygens (including phenoxy) is 1. The van der Waals surface area contributed by atoms with Gasteiger partial charge in [-0.1, -0.05) is 12.1 Å². The summed E-state index contributed by atoms with van der Waals surface area (Å²) in [5.41, 5.74) is 7.79. The molecular formula is C24H34N6O3. The van der Waals surface area contributed by atoms with E-state index < -0.39 is 0 Å². The number of esters is 1. The molecule has 0 unspecified atom stereocenters. The minimum absolute atomic E-state index is 0. The van der Waals surface area contributed by atoms with Crippen molar-refractivity contribution in [3.63, 3.8) is 0 Å². The number of benzene rings is 2. The molecule has 2 aromatic rings. The predicted molar refractivity (Wildman–Crippen MR) is 130 cm³/mol. The number of amides is 1. The number of nitrogens with zero attached hydrogens (tertiary/aromatic N) is 2. The Balaban J connectivity index is 0.00000204. The number of carbonyl (C=O) groups excluding carboxylic acids is 2. The Morgan fingerprint density at radius 1 is 1.30 bits per heavy atom. The Kier molecular flexibility index (Phi) is 8.16. The van der Waals surface area contributed by atoms with Gasteiger partial charge in [-0.2, -0.15) is 0 Å². The number of rotatable bonds is 7. The van der Waals surface area contributed by atoms with Crippen molar-refractivity contribution in [2.75, 3.05) is 19.6 Å². The van der Waals surface area contributed by atoms with Crippen LogP contribution in [0.15, 0.2) is 41.4 Å². The topological polar surface area (TPSA) is 144 Å². The number of carbonyl (C=O) groups is 2. The van der Waals surface area contributed by atoms with Crippen molar-refractivity contribution >= 4 is 23.9 Å². The maximum absolute atomic E-state index is 12.6. The summed E-state index contributed by atoms with van der Waals surface area (Å²) >= 11 is 0. The fourth-order valence-electron chi connectivity index (χ4n) is 4.36. The van der Waals surface area contributed by atoms with Gasteiger partial charge >= 0.3 is 5.97 Å². The zero-order valence-corrected chi connectivity index (χ0v) is 19.0. The van der Waals surface area contributed by atoms with E-state index >= 15 is 0 Å². The van der Waals surface area contributed by atoms with Crippen molar-refractivity contribution in [3.05, 3.63) is 64.2 Å². The van der Waals surface area contributed by atoms with Gasteiger partial charge in [0.15, 0.2) is 0 Å². The molecule has 0 atom stereocenters. The summed E-state index contributed by atoms with van der Waals surface area (Å²) in [6.45, 7) is 5.32. The van der Waals surface area contributed by atoms with Gasteiger partial charge in [-0.15, -0.1) is 0 Å². The van der Waals surface area contributed by atoms with Gasteiger partial charge in [0.25, 0.3) is 5.91 Å². The zero-order valence-electron chi connectivity index (χ0n) is 19.0. The van der Waals surface area contributed by atoms with E-state index in [0.29, 0.717) is 23.4 Å². The molecule has 1 amide bonds. The lowest BCUT2D eigenvalue weighted by Crippen LogP contribution is -2.45. The molecule has 2 aliphatic rings. The highest BCUT2D eigenvalue weighted by Crippen LogP contribution is 2.26. The highest BCUT2D eigenvalue weighted by Gasteiger charge is 2.25. The van der Waals surface area contributed by atoms with Gasteiger partial charge in [0.2, 0.25) is 0 Å². The molecule has 0 bridgehead atoms. The number of nitrogens with one attached hydrogen (secondary N) is 2. The average molecular weight is 455 g/mol. The van der Waals surface area contributed by atoms with E-state index in [1.807, 2.05) is 18.2 Å². The van der Waals surface area contributed by atoms with E-state index in [1.165, 1.54) is 17.5 Å². The Hall–Kier alpha value is -3.27. The van der Waals surface area contributed by atoms with Gasteiger partial charge in [-0.3, -0.25) is 4.79 Å². The summed E-state index contributed by atoms with van der Waals surface area (Å²) in [6, 6.07) is 11.3. The molecule has 0 saturated carbocycles. The van der Waals surface area contributed by atoms with Gasteiger partial charge < -0.3 is 26.5 Å². The average Bonchev–Trinajstić information content (AvgIpc) is 3.20. The molecule has 7 N–H and O–H groups in total. The van der Waals surface area contributed by atoms with Crippen LogP contribution >= 0.6 is 0 Å². The van der Waals surface area contributed by atoms with Crippen LogP contribution in [0.3, 0.4) is 0 Å². The van der Waals surface area contributed by atoms with Crippen LogP contribution in [-0.2, 0) is 17.8 Å². The molecule has 2 aromatic carbocycles. The molecule has 33 heavy (non-hydrogen) atoms. The summed E-state index contributed by atoms with van der Waals surface area (Å²) in [7, 11) is 0. The van der Waals surface area contributed by atoms with Crippen LogP contribution in [0.25, 0.3) is 0 Å². The third-order valence-electron chi connectivity index (χ3n) is 6.29. The molecule has 178 valence electrons. The second-order valence-corrected chi connectivity index (χ2v) is 8.27. The first kappa shape index (κ1) is 24.4. The third-order valence-corrected chi connectivity index (χ3v) is 6.29. The number of hydrogen-bond donors (Lipinski definition) is 4. The number of nitrogens with two attached hydrogens (primary N) is 1. The molecule has 1 fully saturated rings. The van der Waals surface area contributed by atoms with E-state index in [0.717, 1.165) is 44.5 Å². The maximum Gasteiger partial charge on any atom is 0.338 e. The molecule has 9 nitrogen and oxygen atoms in total. The molecule has 4 rings (SSSR count). The Morgan fingerprint density at radius 3 is 2.85 bits per heavy atom. The van der Waals surface area contributed by atoms with Gasteiger partial charge in [-0.25, -0.2) is 15.6 Å². The number of hydrogen-bond acceptors (Lipinski definition) is 7. The van der Waals surface area contributed by atoms with Crippen molar-refractivity contribution in [1.82, 2.24) is 21.8 Å². The first-order valence-corrected chi connectivity index (χ1v) is 11.0.